The number of rotatable bonds is 4. The molecule has 0 aromatic heterocycles. The molecule has 4 rings (SSSR count). The lowest BCUT2D eigenvalue weighted by molar-refractivity contribution is 0.568. The molecule has 246 valence electrons. The molecular formula is C44H58BrN. The Morgan fingerprint density at radius 3 is 1.02 bits per heavy atom. The van der Waals surface area contributed by atoms with Crippen LogP contribution < -0.4 is 5.32 Å². The fourth-order valence-corrected chi connectivity index (χ4v) is 6.04. The Morgan fingerprint density at radius 2 is 0.717 bits per heavy atom. The van der Waals surface area contributed by atoms with Crippen molar-refractivity contribution in [3.8, 4) is 22.3 Å². The molecule has 4 aromatic rings. The topological polar surface area (TPSA) is 12.0 Å². The van der Waals surface area contributed by atoms with Crippen LogP contribution in [0.2, 0.25) is 0 Å². The molecule has 0 amide bonds. The fraction of sp³-hybridized carbons (Fsp3) is 0.455. The highest BCUT2D eigenvalue weighted by molar-refractivity contribution is 9.10. The van der Waals surface area contributed by atoms with Crippen molar-refractivity contribution in [2.45, 2.75) is 131 Å². The summed E-state index contributed by atoms with van der Waals surface area (Å²) in [6.07, 6.45) is 0. The molecule has 0 aliphatic carbocycles. The zero-order valence-corrected chi connectivity index (χ0v) is 32.9. The van der Waals surface area contributed by atoms with Gasteiger partial charge in [-0.3, -0.25) is 0 Å². The molecule has 0 saturated carbocycles. The van der Waals surface area contributed by atoms with Gasteiger partial charge in [0.05, 0.1) is 11.4 Å². The molecule has 4 aromatic carbocycles. The van der Waals surface area contributed by atoms with E-state index in [4.69, 9.17) is 0 Å². The van der Waals surface area contributed by atoms with Gasteiger partial charge in [-0.15, -0.1) is 0 Å². The maximum absolute atomic E-state index is 3.97. The minimum absolute atomic E-state index is 0.0131. The summed E-state index contributed by atoms with van der Waals surface area (Å²) >= 11 is 3.85. The molecule has 46 heavy (non-hydrogen) atoms. The van der Waals surface area contributed by atoms with Crippen molar-refractivity contribution in [3.05, 3.63) is 105 Å². The van der Waals surface area contributed by atoms with Gasteiger partial charge in [0.2, 0.25) is 0 Å². The van der Waals surface area contributed by atoms with Crippen LogP contribution in [0.4, 0.5) is 11.4 Å². The monoisotopic (exact) mass is 679 g/mol. The van der Waals surface area contributed by atoms with Gasteiger partial charge in [0.25, 0.3) is 0 Å². The highest BCUT2D eigenvalue weighted by Gasteiger charge is 2.27. The molecule has 0 saturated heterocycles. The molecule has 2 heteroatoms. The Bertz CT molecular complexity index is 1560. The second-order valence-electron chi connectivity index (χ2n) is 18.4. The molecule has 0 atom stereocenters. The van der Waals surface area contributed by atoms with Crippen molar-refractivity contribution in [2.24, 2.45) is 0 Å². The van der Waals surface area contributed by atoms with Crippen LogP contribution in [0.5, 0.6) is 0 Å². The quantitative estimate of drug-likeness (QED) is 0.226. The summed E-state index contributed by atoms with van der Waals surface area (Å²) in [5.74, 6) is 0. The molecule has 0 spiro atoms. The van der Waals surface area contributed by atoms with Crippen molar-refractivity contribution in [3.63, 3.8) is 0 Å². The zero-order valence-electron chi connectivity index (χ0n) is 31.3. The normalized spacial score (nSPS) is 13.2. The van der Waals surface area contributed by atoms with E-state index in [1.807, 2.05) is 0 Å². The van der Waals surface area contributed by atoms with Gasteiger partial charge < -0.3 is 5.32 Å². The number of nitrogens with one attached hydrogen (secondary N) is 1. The fourth-order valence-electron chi connectivity index (χ4n) is 5.66. The summed E-state index contributed by atoms with van der Waals surface area (Å²) < 4.78 is 1.05. The standard InChI is InChI=1S/C44H58BrN/c1-40(2,3)30-20-28(21-31(24-30)41(4,5)6)35-26-34(44(13,14)15)27-36(39(35)46-38-19-17-16-18-37(38)45)29-22-32(42(7,8)9)25-33(23-29)43(10,11)12/h16-27,46H,1-15H3. The predicted molar refractivity (Wildman–Crippen MR) is 208 cm³/mol. The number of hydrogen-bond donors (Lipinski definition) is 1. The number of para-hydroxylation sites is 1. The third-order valence-corrected chi connectivity index (χ3v) is 9.78. The minimum Gasteiger partial charge on any atom is -0.354 e. The summed E-state index contributed by atoms with van der Waals surface area (Å²) in [5, 5.41) is 3.97. The first-order valence-electron chi connectivity index (χ1n) is 16.9. The number of hydrogen-bond acceptors (Lipinski definition) is 1. The van der Waals surface area contributed by atoms with Crippen molar-refractivity contribution < 1.29 is 0 Å². The van der Waals surface area contributed by atoms with Gasteiger partial charge in [0.15, 0.2) is 0 Å². The Labute approximate surface area is 289 Å². The first-order valence-corrected chi connectivity index (χ1v) is 17.7. The van der Waals surface area contributed by atoms with E-state index in [1.54, 1.807) is 0 Å². The van der Waals surface area contributed by atoms with E-state index in [0.717, 1.165) is 15.8 Å². The van der Waals surface area contributed by atoms with Crippen LogP contribution in [0, 0.1) is 0 Å². The van der Waals surface area contributed by atoms with Crippen LogP contribution in [-0.2, 0) is 27.1 Å². The maximum Gasteiger partial charge on any atom is 0.0544 e. The van der Waals surface area contributed by atoms with Gasteiger partial charge >= 0.3 is 0 Å². The largest absolute Gasteiger partial charge is 0.354 e. The number of anilines is 2. The summed E-state index contributed by atoms with van der Waals surface area (Å²) in [5.41, 5.74) is 13.9. The molecule has 0 unspecified atom stereocenters. The van der Waals surface area contributed by atoms with Crippen LogP contribution in [0.3, 0.4) is 0 Å². The van der Waals surface area contributed by atoms with E-state index in [0.29, 0.717) is 0 Å². The second kappa shape index (κ2) is 12.3. The molecule has 0 heterocycles. The van der Waals surface area contributed by atoms with Crippen molar-refractivity contribution in [1.29, 1.82) is 0 Å². The molecule has 1 nitrogen and oxygen atoms in total. The molecule has 0 bridgehead atoms. The third-order valence-electron chi connectivity index (χ3n) is 9.09. The predicted octanol–water partition coefficient (Wildman–Crippen LogP) is 14.0. The Balaban J connectivity index is 2.23. The van der Waals surface area contributed by atoms with Crippen LogP contribution in [0.15, 0.2) is 77.3 Å². The Morgan fingerprint density at radius 1 is 0.413 bits per heavy atom. The van der Waals surface area contributed by atoms with Gasteiger partial charge in [-0.2, -0.15) is 0 Å². The van der Waals surface area contributed by atoms with Crippen molar-refractivity contribution in [2.75, 3.05) is 5.32 Å². The van der Waals surface area contributed by atoms with Gasteiger partial charge in [0, 0.05) is 15.6 Å². The summed E-state index contributed by atoms with van der Waals surface area (Å²) in [7, 11) is 0. The smallest absolute Gasteiger partial charge is 0.0544 e. The Kier molecular flexibility index (Phi) is 9.64. The van der Waals surface area contributed by atoms with E-state index in [-0.39, 0.29) is 27.1 Å². The van der Waals surface area contributed by atoms with Crippen LogP contribution in [-0.4, -0.2) is 0 Å². The first kappa shape index (κ1) is 36.0. The average molecular weight is 681 g/mol. The average Bonchev–Trinajstić information content (AvgIpc) is 2.91. The lowest BCUT2D eigenvalue weighted by Gasteiger charge is -2.30. The first-order chi connectivity index (χ1) is 20.9. The highest BCUT2D eigenvalue weighted by atomic mass is 79.9. The second-order valence-corrected chi connectivity index (χ2v) is 19.3. The highest BCUT2D eigenvalue weighted by Crippen LogP contribution is 2.46. The van der Waals surface area contributed by atoms with E-state index in [1.165, 1.54) is 50.1 Å². The molecule has 0 aliphatic heterocycles. The van der Waals surface area contributed by atoms with Gasteiger partial charge in [0.1, 0.15) is 0 Å². The third kappa shape index (κ3) is 8.17. The zero-order chi connectivity index (χ0) is 34.6. The van der Waals surface area contributed by atoms with Crippen molar-refractivity contribution >= 4 is 27.3 Å². The van der Waals surface area contributed by atoms with Crippen LogP contribution in [0.25, 0.3) is 22.3 Å². The molecular weight excluding hydrogens is 622 g/mol. The van der Waals surface area contributed by atoms with E-state index >= 15 is 0 Å². The van der Waals surface area contributed by atoms with E-state index in [2.05, 4.69) is 198 Å². The Hall–Kier alpha value is -2.84. The van der Waals surface area contributed by atoms with Gasteiger partial charge in [-0.25, -0.2) is 0 Å². The summed E-state index contributed by atoms with van der Waals surface area (Å²) in [6, 6.07) is 27.9. The van der Waals surface area contributed by atoms with Crippen molar-refractivity contribution in [1.82, 2.24) is 0 Å². The van der Waals surface area contributed by atoms with E-state index < -0.39 is 0 Å². The van der Waals surface area contributed by atoms with Crippen LogP contribution >= 0.6 is 15.9 Å². The minimum atomic E-state index is -0.0433. The molecule has 0 aliphatic rings. The summed E-state index contributed by atoms with van der Waals surface area (Å²) in [6.45, 7) is 34.8. The van der Waals surface area contributed by atoms with E-state index in [9.17, 15) is 0 Å². The molecule has 0 fully saturated rings. The number of halogens is 1. The van der Waals surface area contributed by atoms with Gasteiger partial charge in [-0.1, -0.05) is 152 Å². The lowest BCUT2D eigenvalue weighted by atomic mass is 9.76. The van der Waals surface area contributed by atoms with Crippen LogP contribution in [0.1, 0.15) is 132 Å². The summed E-state index contributed by atoms with van der Waals surface area (Å²) in [4.78, 5) is 0. The molecule has 1 N–H and O–H groups in total. The van der Waals surface area contributed by atoms with Gasteiger partial charge in [-0.05, 0) is 106 Å². The SMILES string of the molecule is CC(C)(C)c1cc(-c2cc(C(C)(C)C)cc(-c3cc(C(C)(C)C)cc(C(C)(C)C)c3)c2Nc2ccccc2Br)cc(C(C)(C)C)c1. The maximum atomic E-state index is 3.97. The lowest BCUT2D eigenvalue weighted by Crippen LogP contribution is -2.17. The number of benzene rings is 4. The molecule has 0 radical (unpaired) electrons.